The van der Waals surface area contributed by atoms with Crippen LogP contribution in [0, 0.1) is 11.3 Å². The van der Waals surface area contributed by atoms with E-state index >= 15 is 0 Å². The molecule has 2 N–H and O–H groups in total. The third-order valence-corrected chi connectivity index (χ3v) is 6.07. The third-order valence-electron chi connectivity index (χ3n) is 6.07. The van der Waals surface area contributed by atoms with Gasteiger partial charge in [-0.25, -0.2) is 0 Å². The van der Waals surface area contributed by atoms with E-state index in [-0.39, 0.29) is 5.54 Å². The summed E-state index contributed by atoms with van der Waals surface area (Å²) in [5.41, 5.74) is 6.97. The van der Waals surface area contributed by atoms with Crippen LogP contribution in [0.4, 0.5) is 0 Å². The lowest BCUT2D eigenvalue weighted by atomic mass is 9.63. The van der Waals surface area contributed by atoms with Crippen molar-refractivity contribution in [3.8, 4) is 0 Å². The van der Waals surface area contributed by atoms with E-state index in [0.29, 0.717) is 11.3 Å². The van der Waals surface area contributed by atoms with Crippen LogP contribution in [0.15, 0.2) is 0 Å². The molecule has 3 heteroatoms. The van der Waals surface area contributed by atoms with Gasteiger partial charge in [0.2, 0.25) is 0 Å². The fourth-order valence-electron chi connectivity index (χ4n) is 4.47. The zero-order chi connectivity index (χ0) is 14.8. The lowest BCUT2D eigenvalue weighted by molar-refractivity contribution is -0.0102. The standard InChI is InChI=1S/C17H35N3/c1-15-13-16(2,3)7-8-17(15,14-18)19(4)11-12-20-9-5-6-10-20/h15H,5-14,18H2,1-4H3. The molecule has 2 atom stereocenters. The third kappa shape index (κ3) is 3.37. The first-order valence-electron chi connectivity index (χ1n) is 8.53. The van der Waals surface area contributed by atoms with Crippen LogP contribution >= 0.6 is 0 Å². The molecule has 0 spiro atoms. The van der Waals surface area contributed by atoms with E-state index in [0.717, 1.165) is 6.54 Å². The van der Waals surface area contributed by atoms with Crippen molar-refractivity contribution < 1.29 is 0 Å². The zero-order valence-corrected chi connectivity index (χ0v) is 14.1. The summed E-state index contributed by atoms with van der Waals surface area (Å²) < 4.78 is 0. The molecular formula is C17H35N3. The molecule has 1 saturated carbocycles. The van der Waals surface area contributed by atoms with Crippen LogP contribution in [0.25, 0.3) is 0 Å². The fourth-order valence-corrected chi connectivity index (χ4v) is 4.47. The van der Waals surface area contributed by atoms with Crippen molar-refractivity contribution >= 4 is 0 Å². The van der Waals surface area contributed by atoms with Gasteiger partial charge in [-0.3, -0.25) is 4.90 Å². The smallest absolute Gasteiger partial charge is 0.0355 e. The number of rotatable bonds is 5. The predicted octanol–water partition coefficient (Wildman–Crippen LogP) is 2.56. The van der Waals surface area contributed by atoms with Crippen molar-refractivity contribution in [3.63, 3.8) is 0 Å². The highest BCUT2D eigenvalue weighted by atomic mass is 15.2. The van der Waals surface area contributed by atoms with E-state index in [9.17, 15) is 0 Å². The van der Waals surface area contributed by atoms with E-state index < -0.39 is 0 Å². The summed E-state index contributed by atoms with van der Waals surface area (Å²) in [6.45, 7) is 13.0. The van der Waals surface area contributed by atoms with Crippen LogP contribution in [-0.2, 0) is 0 Å². The Morgan fingerprint density at radius 2 is 1.85 bits per heavy atom. The average Bonchev–Trinajstić information content (AvgIpc) is 2.89. The molecule has 0 aromatic heterocycles. The summed E-state index contributed by atoms with van der Waals surface area (Å²) in [6, 6.07) is 0. The first-order chi connectivity index (χ1) is 9.39. The zero-order valence-electron chi connectivity index (χ0n) is 14.1. The highest BCUT2D eigenvalue weighted by Crippen LogP contribution is 2.45. The maximum absolute atomic E-state index is 6.25. The van der Waals surface area contributed by atoms with Gasteiger partial charge in [-0.15, -0.1) is 0 Å². The van der Waals surface area contributed by atoms with Crippen LogP contribution in [0.1, 0.15) is 52.9 Å². The molecule has 2 fully saturated rings. The molecule has 2 aliphatic rings. The van der Waals surface area contributed by atoms with Gasteiger partial charge in [0.1, 0.15) is 0 Å². The Morgan fingerprint density at radius 1 is 1.20 bits per heavy atom. The predicted molar refractivity (Wildman–Crippen MR) is 86.9 cm³/mol. The van der Waals surface area contributed by atoms with Crippen molar-refractivity contribution in [1.29, 1.82) is 0 Å². The number of nitrogens with two attached hydrogens (primary N) is 1. The topological polar surface area (TPSA) is 32.5 Å². The number of likely N-dealkylation sites (N-methyl/N-ethyl adjacent to an activating group) is 1. The maximum Gasteiger partial charge on any atom is 0.0355 e. The molecule has 1 saturated heterocycles. The van der Waals surface area contributed by atoms with Gasteiger partial charge in [0.15, 0.2) is 0 Å². The largest absolute Gasteiger partial charge is 0.329 e. The van der Waals surface area contributed by atoms with Crippen LogP contribution < -0.4 is 5.73 Å². The molecule has 3 nitrogen and oxygen atoms in total. The van der Waals surface area contributed by atoms with Gasteiger partial charge in [-0.2, -0.15) is 0 Å². The van der Waals surface area contributed by atoms with E-state index in [1.165, 1.54) is 58.3 Å². The number of likely N-dealkylation sites (tertiary alicyclic amines) is 1. The van der Waals surface area contributed by atoms with E-state index in [1.54, 1.807) is 0 Å². The van der Waals surface area contributed by atoms with Gasteiger partial charge in [0.05, 0.1) is 0 Å². The monoisotopic (exact) mass is 281 g/mol. The Morgan fingerprint density at radius 3 is 2.40 bits per heavy atom. The number of hydrogen-bond acceptors (Lipinski definition) is 3. The second-order valence-electron chi connectivity index (χ2n) is 8.05. The van der Waals surface area contributed by atoms with Crippen LogP contribution in [-0.4, -0.2) is 55.1 Å². The van der Waals surface area contributed by atoms with Crippen LogP contribution in [0.2, 0.25) is 0 Å². The lowest BCUT2D eigenvalue weighted by Crippen LogP contribution is -2.60. The molecule has 1 aliphatic carbocycles. The van der Waals surface area contributed by atoms with E-state index in [1.807, 2.05) is 0 Å². The normalized spacial score (nSPS) is 34.8. The van der Waals surface area contributed by atoms with Crippen molar-refractivity contribution in [2.24, 2.45) is 17.1 Å². The Hall–Kier alpha value is -0.120. The molecule has 0 amide bonds. The van der Waals surface area contributed by atoms with Gasteiger partial charge in [0, 0.05) is 25.2 Å². The maximum atomic E-state index is 6.25. The fraction of sp³-hybridized carbons (Fsp3) is 1.00. The average molecular weight is 281 g/mol. The summed E-state index contributed by atoms with van der Waals surface area (Å²) in [7, 11) is 2.30. The van der Waals surface area contributed by atoms with Crippen molar-refractivity contribution in [1.82, 2.24) is 9.80 Å². The molecule has 2 unspecified atom stereocenters. The van der Waals surface area contributed by atoms with Crippen molar-refractivity contribution in [3.05, 3.63) is 0 Å². The SMILES string of the molecule is CC1CC(C)(C)CCC1(CN)N(C)CCN1CCCC1. The Kier molecular flexibility index (Phi) is 5.14. The molecule has 20 heavy (non-hydrogen) atoms. The minimum atomic E-state index is 0.231. The second-order valence-corrected chi connectivity index (χ2v) is 8.05. The summed E-state index contributed by atoms with van der Waals surface area (Å²) in [4.78, 5) is 5.20. The first kappa shape index (κ1) is 16.3. The lowest BCUT2D eigenvalue weighted by Gasteiger charge is -2.53. The molecule has 2 rings (SSSR count). The molecule has 0 aromatic rings. The minimum absolute atomic E-state index is 0.231. The summed E-state index contributed by atoms with van der Waals surface area (Å²) in [6.07, 6.45) is 6.64. The Bertz CT molecular complexity index is 309. The number of nitrogens with zero attached hydrogens (tertiary/aromatic N) is 2. The summed E-state index contributed by atoms with van der Waals surface area (Å²) in [5, 5.41) is 0. The summed E-state index contributed by atoms with van der Waals surface area (Å²) in [5.74, 6) is 0.694. The molecule has 1 heterocycles. The molecule has 0 bridgehead atoms. The van der Waals surface area contributed by atoms with Gasteiger partial charge >= 0.3 is 0 Å². The van der Waals surface area contributed by atoms with E-state index in [4.69, 9.17) is 5.73 Å². The van der Waals surface area contributed by atoms with Gasteiger partial charge < -0.3 is 10.6 Å². The Balaban J connectivity index is 1.95. The van der Waals surface area contributed by atoms with Gasteiger partial charge in [0.25, 0.3) is 0 Å². The van der Waals surface area contributed by atoms with Crippen LogP contribution in [0.3, 0.4) is 0 Å². The van der Waals surface area contributed by atoms with Gasteiger partial charge in [-0.05, 0) is 63.6 Å². The molecule has 0 aromatic carbocycles. The number of hydrogen-bond donors (Lipinski definition) is 1. The second kappa shape index (κ2) is 6.33. The minimum Gasteiger partial charge on any atom is -0.329 e. The van der Waals surface area contributed by atoms with Crippen molar-refractivity contribution in [2.45, 2.75) is 58.4 Å². The molecular weight excluding hydrogens is 246 g/mol. The molecule has 0 radical (unpaired) electrons. The highest BCUT2D eigenvalue weighted by molar-refractivity contribution is 5.01. The quantitative estimate of drug-likeness (QED) is 0.840. The van der Waals surface area contributed by atoms with Gasteiger partial charge in [-0.1, -0.05) is 20.8 Å². The van der Waals surface area contributed by atoms with E-state index in [2.05, 4.69) is 37.6 Å². The first-order valence-corrected chi connectivity index (χ1v) is 8.53. The van der Waals surface area contributed by atoms with Crippen LogP contribution in [0.5, 0.6) is 0 Å². The Labute approximate surface area is 125 Å². The molecule has 118 valence electrons. The summed E-state index contributed by atoms with van der Waals surface area (Å²) >= 11 is 0. The molecule has 1 aliphatic heterocycles. The highest BCUT2D eigenvalue weighted by Gasteiger charge is 2.45. The van der Waals surface area contributed by atoms with Crippen molar-refractivity contribution in [2.75, 3.05) is 39.8 Å².